The minimum Gasteiger partial charge on any atom is -0.481 e. The number of aliphatic carboxylic acids is 1. The van der Waals surface area contributed by atoms with E-state index < -0.39 is 23.3 Å². The zero-order chi connectivity index (χ0) is 22.1. The zero-order valence-corrected chi connectivity index (χ0v) is 16.4. The summed E-state index contributed by atoms with van der Waals surface area (Å²) >= 11 is 0. The van der Waals surface area contributed by atoms with E-state index in [1.807, 2.05) is 6.92 Å². The van der Waals surface area contributed by atoms with Crippen molar-refractivity contribution in [2.45, 2.75) is 33.4 Å². The Morgan fingerprint density at radius 3 is 2.63 bits per heavy atom. The fourth-order valence-electron chi connectivity index (χ4n) is 2.71. The summed E-state index contributed by atoms with van der Waals surface area (Å²) in [5.41, 5.74) is 0.323. The van der Waals surface area contributed by atoms with Crippen LogP contribution in [-0.4, -0.2) is 36.0 Å². The molecular formula is C19H19F3N6O2. The van der Waals surface area contributed by atoms with Gasteiger partial charge in [-0.3, -0.25) is 4.79 Å². The van der Waals surface area contributed by atoms with E-state index in [1.54, 1.807) is 38.2 Å². The third-order valence-electron chi connectivity index (χ3n) is 4.27. The second kappa shape index (κ2) is 7.73. The van der Waals surface area contributed by atoms with E-state index in [1.165, 1.54) is 4.68 Å². The molecule has 0 radical (unpaired) electrons. The maximum absolute atomic E-state index is 12.9. The smallest absolute Gasteiger partial charge is 0.433 e. The molecule has 3 rings (SSSR count). The van der Waals surface area contributed by atoms with Crippen LogP contribution in [0.4, 0.5) is 24.8 Å². The zero-order valence-electron chi connectivity index (χ0n) is 16.4. The molecule has 0 saturated heterocycles. The number of halogens is 3. The van der Waals surface area contributed by atoms with Crippen LogP contribution in [0.25, 0.3) is 5.69 Å². The molecule has 0 atom stereocenters. The first-order valence-electron chi connectivity index (χ1n) is 8.88. The summed E-state index contributed by atoms with van der Waals surface area (Å²) in [4.78, 5) is 18.6. The molecule has 3 aromatic rings. The van der Waals surface area contributed by atoms with Gasteiger partial charge in [-0.15, -0.1) is 5.10 Å². The van der Waals surface area contributed by atoms with Crippen molar-refractivity contribution in [1.82, 2.24) is 25.0 Å². The minimum absolute atomic E-state index is 0.191. The number of benzene rings is 1. The van der Waals surface area contributed by atoms with Crippen molar-refractivity contribution < 1.29 is 23.1 Å². The summed E-state index contributed by atoms with van der Waals surface area (Å²) in [6, 6.07) is 5.97. The lowest BCUT2D eigenvalue weighted by molar-refractivity contribution is -0.147. The number of aromatic nitrogens is 5. The Hall–Kier alpha value is -3.50. The van der Waals surface area contributed by atoms with E-state index in [0.29, 0.717) is 17.1 Å². The monoisotopic (exact) mass is 420 g/mol. The number of rotatable bonds is 6. The van der Waals surface area contributed by atoms with Gasteiger partial charge in [-0.2, -0.15) is 13.2 Å². The van der Waals surface area contributed by atoms with E-state index in [4.69, 9.17) is 0 Å². The van der Waals surface area contributed by atoms with Crippen LogP contribution in [-0.2, 0) is 17.4 Å². The molecule has 8 nitrogen and oxygen atoms in total. The van der Waals surface area contributed by atoms with Gasteiger partial charge in [0.2, 0.25) is 5.95 Å². The maximum Gasteiger partial charge on any atom is 0.433 e. The Balaban J connectivity index is 1.86. The molecule has 0 bridgehead atoms. The number of carboxylic acids is 1. The second-order valence-corrected chi connectivity index (χ2v) is 7.47. The van der Waals surface area contributed by atoms with E-state index in [9.17, 15) is 23.1 Å². The minimum atomic E-state index is -4.57. The number of nitrogens with zero attached hydrogens (tertiary/aromatic N) is 5. The number of carbonyl (C=O) groups is 1. The number of nitrogens with one attached hydrogen (secondary N) is 1. The Morgan fingerprint density at radius 1 is 1.23 bits per heavy atom. The van der Waals surface area contributed by atoms with Crippen molar-refractivity contribution in [2.24, 2.45) is 5.41 Å². The van der Waals surface area contributed by atoms with Gasteiger partial charge in [0.1, 0.15) is 5.69 Å². The summed E-state index contributed by atoms with van der Waals surface area (Å²) in [6.45, 7) is 5.00. The van der Waals surface area contributed by atoms with Gasteiger partial charge in [0, 0.05) is 18.3 Å². The lowest BCUT2D eigenvalue weighted by Gasteiger charge is -2.16. The first kappa shape index (κ1) is 21.2. The molecular weight excluding hydrogens is 401 g/mol. The van der Waals surface area contributed by atoms with Crippen molar-refractivity contribution in [3.05, 3.63) is 53.6 Å². The number of anilines is 2. The highest BCUT2D eigenvalue weighted by Crippen LogP contribution is 2.28. The molecule has 1 aromatic carbocycles. The van der Waals surface area contributed by atoms with E-state index in [0.717, 1.165) is 17.8 Å². The Bertz CT molecular complexity index is 1080. The fourth-order valence-corrected chi connectivity index (χ4v) is 2.71. The summed E-state index contributed by atoms with van der Waals surface area (Å²) < 4.78 is 40.0. The summed E-state index contributed by atoms with van der Waals surface area (Å²) in [5.74, 6) is -1.14. The largest absolute Gasteiger partial charge is 0.481 e. The van der Waals surface area contributed by atoms with Gasteiger partial charge in [-0.05, 0) is 50.6 Å². The van der Waals surface area contributed by atoms with Gasteiger partial charge < -0.3 is 10.4 Å². The quantitative estimate of drug-likeness (QED) is 0.625. The van der Waals surface area contributed by atoms with E-state index in [-0.39, 0.29) is 12.4 Å². The van der Waals surface area contributed by atoms with Gasteiger partial charge in [-0.25, -0.2) is 14.6 Å². The third-order valence-corrected chi connectivity index (χ3v) is 4.27. The standard InChI is InChI=1S/C19H19F3N6O2/c1-11-6-12(24-17-23-5-4-15(25-17)19(20,21)22)8-14(7-11)28-10-13(26-27-28)9-18(2,3)16(29)30/h4-8,10H,9H2,1-3H3,(H,29,30)(H,23,24,25). The van der Waals surface area contributed by atoms with Crippen molar-refractivity contribution in [1.29, 1.82) is 0 Å². The van der Waals surface area contributed by atoms with Crippen LogP contribution in [0.3, 0.4) is 0 Å². The van der Waals surface area contributed by atoms with Crippen LogP contribution in [0.5, 0.6) is 0 Å². The lowest BCUT2D eigenvalue weighted by atomic mass is 9.88. The van der Waals surface area contributed by atoms with Gasteiger partial charge in [0.15, 0.2) is 0 Å². The van der Waals surface area contributed by atoms with Crippen LogP contribution in [0, 0.1) is 12.3 Å². The molecule has 0 aliphatic rings. The highest BCUT2D eigenvalue weighted by Gasteiger charge is 2.33. The average molecular weight is 420 g/mol. The van der Waals surface area contributed by atoms with Crippen LogP contribution >= 0.6 is 0 Å². The molecule has 0 aliphatic carbocycles. The molecule has 0 saturated carbocycles. The molecule has 11 heteroatoms. The number of aryl methyl sites for hydroxylation is 1. The summed E-state index contributed by atoms with van der Waals surface area (Å²) in [6.07, 6.45) is -1.73. The number of hydrogen-bond donors (Lipinski definition) is 2. The predicted molar refractivity (Wildman–Crippen MR) is 102 cm³/mol. The summed E-state index contributed by atoms with van der Waals surface area (Å²) in [5, 5.41) is 20.1. The lowest BCUT2D eigenvalue weighted by Crippen LogP contribution is -2.26. The topological polar surface area (TPSA) is 106 Å². The first-order valence-corrected chi connectivity index (χ1v) is 8.88. The van der Waals surface area contributed by atoms with Gasteiger partial charge >= 0.3 is 12.1 Å². The van der Waals surface area contributed by atoms with Crippen LogP contribution in [0.15, 0.2) is 36.7 Å². The molecule has 0 fully saturated rings. The second-order valence-electron chi connectivity index (χ2n) is 7.47. The van der Waals surface area contributed by atoms with Crippen LogP contribution < -0.4 is 5.32 Å². The highest BCUT2D eigenvalue weighted by molar-refractivity contribution is 5.73. The molecule has 0 aliphatic heterocycles. The fraction of sp³-hybridized carbons (Fsp3) is 0.316. The van der Waals surface area contributed by atoms with Crippen molar-refractivity contribution in [3.63, 3.8) is 0 Å². The third kappa shape index (κ3) is 4.91. The molecule has 2 aromatic heterocycles. The molecule has 158 valence electrons. The van der Waals surface area contributed by atoms with Crippen LogP contribution in [0.1, 0.15) is 30.8 Å². The highest BCUT2D eigenvalue weighted by atomic mass is 19.4. The number of hydrogen-bond acceptors (Lipinski definition) is 6. The first-order chi connectivity index (χ1) is 13.9. The van der Waals surface area contributed by atoms with E-state index >= 15 is 0 Å². The normalized spacial score (nSPS) is 12.1. The molecule has 0 spiro atoms. The Kier molecular flexibility index (Phi) is 5.47. The van der Waals surface area contributed by atoms with Crippen LogP contribution in [0.2, 0.25) is 0 Å². The molecule has 0 unspecified atom stereocenters. The van der Waals surface area contributed by atoms with Gasteiger partial charge in [0.25, 0.3) is 0 Å². The Labute approximate surface area is 169 Å². The average Bonchev–Trinajstić information content (AvgIpc) is 3.08. The van der Waals surface area contributed by atoms with Crippen molar-refractivity contribution >= 4 is 17.6 Å². The van der Waals surface area contributed by atoms with Gasteiger partial charge in [0.05, 0.1) is 23.0 Å². The van der Waals surface area contributed by atoms with Crippen molar-refractivity contribution in [3.8, 4) is 5.69 Å². The number of alkyl halides is 3. The van der Waals surface area contributed by atoms with Crippen molar-refractivity contribution in [2.75, 3.05) is 5.32 Å². The SMILES string of the molecule is Cc1cc(Nc2nccc(C(F)(F)F)n2)cc(-n2cc(CC(C)(C)C(=O)O)nn2)c1. The van der Waals surface area contributed by atoms with E-state index in [2.05, 4.69) is 25.6 Å². The molecule has 2 heterocycles. The molecule has 2 N–H and O–H groups in total. The Morgan fingerprint density at radius 2 is 1.97 bits per heavy atom. The molecule has 0 amide bonds. The number of carboxylic acid groups (broad SMARTS) is 1. The predicted octanol–water partition coefficient (Wildman–Crippen LogP) is 3.78. The maximum atomic E-state index is 12.9. The molecule has 30 heavy (non-hydrogen) atoms. The van der Waals surface area contributed by atoms with Gasteiger partial charge in [-0.1, -0.05) is 5.21 Å². The summed E-state index contributed by atoms with van der Waals surface area (Å²) in [7, 11) is 0.